The molecule has 2 aromatic heterocycles. The first kappa shape index (κ1) is 28.0. The first-order valence-corrected chi connectivity index (χ1v) is 14.4. The van der Waals surface area contributed by atoms with E-state index >= 15 is 0 Å². The molecule has 4 atom stereocenters. The highest BCUT2D eigenvalue weighted by molar-refractivity contribution is 5.97. The zero-order valence-corrected chi connectivity index (χ0v) is 24.1. The van der Waals surface area contributed by atoms with E-state index in [-0.39, 0.29) is 24.1 Å². The number of fused-ring (bicyclic) bond motifs is 2. The molecule has 2 fully saturated rings. The van der Waals surface area contributed by atoms with E-state index < -0.39 is 5.82 Å². The lowest BCUT2D eigenvalue weighted by Crippen LogP contribution is -2.35. The molecule has 9 heteroatoms. The fraction of sp³-hybridized carbons (Fsp3) is 0.394. The number of Topliss-reactive ketones (excluding diaryl/α,β-unsaturated/α-hetero) is 1. The number of ether oxygens (including phenoxy) is 2. The number of nitriles is 1. The van der Waals surface area contributed by atoms with Crippen LogP contribution in [-0.4, -0.2) is 51.0 Å². The van der Waals surface area contributed by atoms with E-state index in [0.717, 1.165) is 48.5 Å². The standard InChI is InChI=1S/C33H34FN5O3/c1-20(41-3)17-39-31-14-23(21(2)40)9-10-29(31)36-32(39)18-38-12-11-25(26-15-30(26)38)28-5-4-6-33(37-28)42-19-24-8-7-22(16-35)13-27(24)34/h4-10,13-14,20,25-26,30H,11-12,15,17-19H2,1-3H3/t20-,25?,26?,30?/m1/s1. The molecule has 1 saturated heterocycles. The molecule has 6 rings (SSSR count). The molecule has 3 heterocycles. The van der Waals surface area contributed by atoms with Crippen molar-refractivity contribution in [2.24, 2.45) is 5.92 Å². The number of halogens is 1. The maximum atomic E-state index is 14.3. The smallest absolute Gasteiger partial charge is 0.213 e. The van der Waals surface area contributed by atoms with Gasteiger partial charge in [0.1, 0.15) is 18.2 Å². The number of ketones is 1. The molecular formula is C33H34FN5O3. The van der Waals surface area contributed by atoms with Crippen molar-refractivity contribution in [1.82, 2.24) is 19.4 Å². The molecule has 42 heavy (non-hydrogen) atoms. The highest BCUT2D eigenvalue weighted by Crippen LogP contribution is 2.51. The van der Waals surface area contributed by atoms with Crippen molar-refractivity contribution in [2.75, 3.05) is 13.7 Å². The van der Waals surface area contributed by atoms with Gasteiger partial charge < -0.3 is 14.0 Å². The molecule has 0 spiro atoms. The highest BCUT2D eigenvalue weighted by Gasteiger charge is 2.50. The lowest BCUT2D eigenvalue weighted by atomic mass is 9.92. The number of likely N-dealkylation sites (tertiary alicyclic amines) is 1. The largest absolute Gasteiger partial charge is 0.473 e. The fourth-order valence-electron chi connectivity index (χ4n) is 6.13. The van der Waals surface area contributed by atoms with Crippen molar-refractivity contribution >= 4 is 16.8 Å². The molecule has 0 amide bonds. The summed E-state index contributed by atoms with van der Waals surface area (Å²) in [5, 5.41) is 8.96. The van der Waals surface area contributed by atoms with Gasteiger partial charge in [0.2, 0.25) is 5.88 Å². The monoisotopic (exact) mass is 567 g/mol. The van der Waals surface area contributed by atoms with E-state index in [0.29, 0.717) is 41.4 Å². The van der Waals surface area contributed by atoms with E-state index in [1.54, 1.807) is 32.2 Å². The Labute approximate surface area is 244 Å². The molecule has 1 aliphatic carbocycles. The van der Waals surface area contributed by atoms with E-state index in [9.17, 15) is 9.18 Å². The van der Waals surface area contributed by atoms with Crippen LogP contribution in [0.4, 0.5) is 4.39 Å². The Bertz CT molecular complexity index is 1680. The Kier molecular flexibility index (Phi) is 7.76. The summed E-state index contributed by atoms with van der Waals surface area (Å²) in [7, 11) is 1.71. The minimum Gasteiger partial charge on any atom is -0.473 e. The Morgan fingerprint density at radius 1 is 1.19 bits per heavy atom. The van der Waals surface area contributed by atoms with Crippen LogP contribution < -0.4 is 4.74 Å². The summed E-state index contributed by atoms with van der Waals surface area (Å²) >= 11 is 0. The molecule has 0 N–H and O–H groups in total. The number of imidazole rings is 1. The number of hydrogen-bond acceptors (Lipinski definition) is 7. The highest BCUT2D eigenvalue weighted by atomic mass is 19.1. The summed E-state index contributed by atoms with van der Waals surface area (Å²) in [5.74, 6) is 1.90. The average molecular weight is 568 g/mol. The van der Waals surface area contributed by atoms with Crippen molar-refractivity contribution in [3.05, 3.63) is 88.6 Å². The molecule has 2 aromatic carbocycles. The second-order valence-corrected chi connectivity index (χ2v) is 11.4. The van der Waals surface area contributed by atoms with Gasteiger partial charge >= 0.3 is 0 Å². The molecule has 1 saturated carbocycles. The Morgan fingerprint density at radius 3 is 2.81 bits per heavy atom. The summed E-state index contributed by atoms with van der Waals surface area (Å²) in [4.78, 5) is 24.4. The van der Waals surface area contributed by atoms with Gasteiger partial charge in [0.05, 0.1) is 41.9 Å². The zero-order valence-electron chi connectivity index (χ0n) is 24.1. The number of benzene rings is 2. The fourth-order valence-corrected chi connectivity index (χ4v) is 6.13. The van der Waals surface area contributed by atoms with Crippen LogP contribution in [0, 0.1) is 23.1 Å². The van der Waals surface area contributed by atoms with Gasteiger partial charge in [0.25, 0.3) is 0 Å². The Hall–Kier alpha value is -4.13. The molecular weight excluding hydrogens is 533 g/mol. The van der Waals surface area contributed by atoms with Crippen molar-refractivity contribution in [3.8, 4) is 11.9 Å². The SMILES string of the molecule is CO[C@H](C)Cn1c(CN2CCC(c3cccc(OCc4ccc(C#N)cc4F)n3)C3CC32)nc2ccc(C(C)=O)cc21. The van der Waals surface area contributed by atoms with Crippen LogP contribution in [0.3, 0.4) is 0 Å². The van der Waals surface area contributed by atoms with Gasteiger partial charge in [0, 0.05) is 42.0 Å². The van der Waals surface area contributed by atoms with Crippen LogP contribution in [0.1, 0.15) is 65.6 Å². The van der Waals surface area contributed by atoms with Gasteiger partial charge in [-0.05, 0) is 75.5 Å². The van der Waals surface area contributed by atoms with Gasteiger partial charge in [-0.2, -0.15) is 5.26 Å². The molecule has 0 radical (unpaired) electrons. The number of piperidine rings is 1. The molecule has 8 nitrogen and oxygen atoms in total. The number of nitrogens with zero attached hydrogens (tertiary/aromatic N) is 5. The predicted octanol–water partition coefficient (Wildman–Crippen LogP) is 5.64. The molecule has 2 aliphatic rings. The number of hydrogen-bond donors (Lipinski definition) is 0. The van der Waals surface area contributed by atoms with E-state index in [4.69, 9.17) is 24.7 Å². The molecule has 0 bridgehead atoms. The third kappa shape index (κ3) is 5.65. The molecule has 3 unspecified atom stereocenters. The van der Waals surface area contributed by atoms with Gasteiger partial charge in [-0.3, -0.25) is 9.69 Å². The van der Waals surface area contributed by atoms with Crippen LogP contribution >= 0.6 is 0 Å². The van der Waals surface area contributed by atoms with Crippen LogP contribution in [-0.2, 0) is 24.4 Å². The number of rotatable bonds is 10. The molecule has 1 aliphatic heterocycles. The second kappa shape index (κ2) is 11.6. The molecule has 4 aromatic rings. The summed E-state index contributed by atoms with van der Waals surface area (Å²) in [6.07, 6.45) is 2.10. The maximum Gasteiger partial charge on any atom is 0.213 e. The Balaban J connectivity index is 1.14. The quantitative estimate of drug-likeness (QED) is 0.229. The van der Waals surface area contributed by atoms with Crippen LogP contribution in [0.25, 0.3) is 11.0 Å². The van der Waals surface area contributed by atoms with Gasteiger partial charge in [-0.25, -0.2) is 14.4 Å². The van der Waals surface area contributed by atoms with Gasteiger partial charge in [0.15, 0.2) is 5.78 Å². The minimum atomic E-state index is -0.456. The van der Waals surface area contributed by atoms with Crippen molar-refractivity contribution in [3.63, 3.8) is 0 Å². The predicted molar refractivity (Wildman–Crippen MR) is 156 cm³/mol. The third-order valence-electron chi connectivity index (χ3n) is 8.62. The summed E-state index contributed by atoms with van der Waals surface area (Å²) in [5.41, 5.74) is 4.22. The summed E-state index contributed by atoms with van der Waals surface area (Å²) in [6, 6.07) is 18.3. The number of methoxy groups -OCH3 is 1. The van der Waals surface area contributed by atoms with Crippen LogP contribution in [0.5, 0.6) is 5.88 Å². The normalized spacial score (nSPS) is 20.6. The third-order valence-corrected chi connectivity index (χ3v) is 8.62. The lowest BCUT2D eigenvalue weighted by Gasteiger charge is -2.31. The topological polar surface area (TPSA) is 93.3 Å². The number of carbonyl (C=O) groups is 1. The Morgan fingerprint density at radius 2 is 2.05 bits per heavy atom. The maximum absolute atomic E-state index is 14.3. The summed E-state index contributed by atoms with van der Waals surface area (Å²) < 4.78 is 27.9. The minimum absolute atomic E-state index is 0.00974. The number of pyridine rings is 1. The van der Waals surface area contributed by atoms with Crippen molar-refractivity contribution < 1.29 is 18.7 Å². The first-order valence-electron chi connectivity index (χ1n) is 14.4. The van der Waals surface area contributed by atoms with Gasteiger partial charge in [-0.1, -0.05) is 12.1 Å². The van der Waals surface area contributed by atoms with Gasteiger partial charge in [-0.15, -0.1) is 0 Å². The average Bonchev–Trinajstić information content (AvgIpc) is 3.74. The van der Waals surface area contributed by atoms with Crippen LogP contribution in [0.15, 0.2) is 54.6 Å². The summed E-state index contributed by atoms with van der Waals surface area (Å²) in [6.45, 7) is 6.01. The van der Waals surface area contributed by atoms with E-state index in [1.165, 1.54) is 6.07 Å². The van der Waals surface area contributed by atoms with E-state index in [1.807, 2.05) is 37.3 Å². The zero-order chi connectivity index (χ0) is 29.4. The van der Waals surface area contributed by atoms with Crippen molar-refractivity contribution in [1.29, 1.82) is 5.26 Å². The van der Waals surface area contributed by atoms with Crippen LogP contribution in [0.2, 0.25) is 0 Å². The second-order valence-electron chi connectivity index (χ2n) is 11.4. The lowest BCUT2D eigenvalue weighted by molar-refractivity contribution is 0.101. The van der Waals surface area contributed by atoms with Crippen molar-refractivity contribution in [2.45, 2.75) is 64.4 Å². The van der Waals surface area contributed by atoms with E-state index in [2.05, 4.69) is 15.5 Å². The molecule has 216 valence electrons. The first-order chi connectivity index (χ1) is 20.3. The number of carbonyl (C=O) groups excluding carboxylic acids is 1. The number of aromatic nitrogens is 3.